The quantitative estimate of drug-likeness (QED) is 0.649. The van der Waals surface area contributed by atoms with E-state index in [2.05, 4.69) is 23.2 Å². The van der Waals surface area contributed by atoms with E-state index in [1.807, 2.05) is 48.4 Å². The zero-order valence-electron chi connectivity index (χ0n) is 16.2. The molecule has 2 aliphatic heterocycles. The van der Waals surface area contributed by atoms with Crippen molar-refractivity contribution in [2.75, 3.05) is 0 Å². The van der Waals surface area contributed by atoms with Gasteiger partial charge in [-0.15, -0.1) is 0 Å². The highest BCUT2D eigenvalue weighted by atomic mass is 35.5. The number of rotatable bonds is 3. The minimum Gasteiger partial charge on any atom is -0.334 e. The fourth-order valence-corrected chi connectivity index (χ4v) is 4.33. The smallest absolute Gasteiger partial charge is 0.227 e. The molecule has 0 aliphatic carbocycles. The van der Waals surface area contributed by atoms with Crippen LogP contribution in [0.15, 0.2) is 59.7 Å². The zero-order chi connectivity index (χ0) is 20.0. The summed E-state index contributed by atoms with van der Waals surface area (Å²) in [4.78, 5) is 23.7. The topological polar surface area (TPSA) is 45.6 Å². The first-order valence-corrected chi connectivity index (χ1v) is 10.1. The summed E-state index contributed by atoms with van der Waals surface area (Å²) in [6.07, 6.45) is 2.25. The van der Waals surface area contributed by atoms with Crippen LogP contribution < -0.4 is 0 Å². The van der Waals surface area contributed by atoms with E-state index < -0.39 is 0 Å². The molecular weight excluding hydrogens is 382 g/mol. The molecule has 0 radical (unpaired) electrons. The van der Waals surface area contributed by atoms with Crippen LogP contribution in [0.25, 0.3) is 0 Å². The second-order valence-corrected chi connectivity index (χ2v) is 8.05. The zero-order valence-corrected chi connectivity index (χ0v) is 16.9. The van der Waals surface area contributed by atoms with Gasteiger partial charge in [-0.25, -0.2) is 0 Å². The van der Waals surface area contributed by atoms with Gasteiger partial charge in [0.2, 0.25) is 5.91 Å². The number of aromatic nitrogens is 1. The third-order valence-electron chi connectivity index (χ3n) is 5.63. The number of pyridine rings is 1. The third kappa shape index (κ3) is 3.34. The Morgan fingerprint density at radius 2 is 1.93 bits per heavy atom. The van der Waals surface area contributed by atoms with Gasteiger partial charge >= 0.3 is 0 Å². The average Bonchev–Trinajstić information content (AvgIpc) is 3.11. The molecule has 144 valence electrons. The van der Waals surface area contributed by atoms with Crippen LogP contribution in [0.4, 0.5) is 0 Å². The van der Waals surface area contributed by atoms with Gasteiger partial charge in [0.1, 0.15) is 0 Å². The van der Waals surface area contributed by atoms with Crippen molar-refractivity contribution < 1.29 is 4.79 Å². The van der Waals surface area contributed by atoms with E-state index in [9.17, 15) is 4.79 Å². The van der Waals surface area contributed by atoms with Crippen LogP contribution in [0.2, 0.25) is 5.02 Å². The molecule has 2 aromatic carbocycles. The Morgan fingerprint density at radius 1 is 1.07 bits per heavy atom. The summed E-state index contributed by atoms with van der Waals surface area (Å²) < 4.78 is 0. The average molecular weight is 402 g/mol. The Hall–Kier alpha value is -2.98. The monoisotopic (exact) mass is 401 g/mol. The van der Waals surface area contributed by atoms with Crippen LogP contribution in [0.5, 0.6) is 0 Å². The molecule has 0 N–H and O–H groups in total. The molecule has 3 aromatic rings. The molecular formula is C24H20ClN3O. The lowest BCUT2D eigenvalue weighted by Crippen LogP contribution is -2.36. The van der Waals surface area contributed by atoms with Crippen LogP contribution >= 0.6 is 11.6 Å². The van der Waals surface area contributed by atoms with Gasteiger partial charge < -0.3 is 4.90 Å². The van der Waals surface area contributed by atoms with Crippen molar-refractivity contribution in [2.24, 2.45) is 4.99 Å². The van der Waals surface area contributed by atoms with Crippen LogP contribution in [-0.2, 0) is 30.8 Å². The Kier molecular flexibility index (Phi) is 4.44. The molecule has 0 saturated heterocycles. The minimum absolute atomic E-state index is 0.140. The number of aryl methyl sites for hydroxylation is 1. The maximum Gasteiger partial charge on any atom is 0.227 e. The molecule has 0 spiro atoms. The van der Waals surface area contributed by atoms with Crippen molar-refractivity contribution in [3.8, 4) is 0 Å². The maximum absolute atomic E-state index is 12.7. The predicted molar refractivity (Wildman–Crippen MR) is 114 cm³/mol. The van der Waals surface area contributed by atoms with E-state index in [1.165, 1.54) is 16.7 Å². The highest BCUT2D eigenvalue weighted by Crippen LogP contribution is 2.31. The lowest BCUT2D eigenvalue weighted by atomic mass is 9.91. The van der Waals surface area contributed by atoms with Crippen molar-refractivity contribution in [1.82, 2.24) is 9.88 Å². The molecule has 0 atom stereocenters. The largest absolute Gasteiger partial charge is 0.334 e. The van der Waals surface area contributed by atoms with Gasteiger partial charge in [-0.1, -0.05) is 35.9 Å². The normalized spacial score (nSPS) is 15.2. The van der Waals surface area contributed by atoms with Gasteiger partial charge in [-0.3, -0.25) is 14.8 Å². The number of benzene rings is 2. The third-order valence-corrected chi connectivity index (χ3v) is 6.00. The van der Waals surface area contributed by atoms with Crippen molar-refractivity contribution in [3.05, 3.63) is 98.8 Å². The van der Waals surface area contributed by atoms with Gasteiger partial charge in [-0.2, -0.15) is 0 Å². The number of nitrogens with zero attached hydrogens (tertiary/aromatic N) is 3. The Labute approximate surface area is 174 Å². The molecule has 1 amide bonds. The fourth-order valence-electron chi connectivity index (χ4n) is 4.14. The van der Waals surface area contributed by atoms with Crippen LogP contribution in [-0.4, -0.2) is 21.5 Å². The summed E-state index contributed by atoms with van der Waals surface area (Å²) in [7, 11) is 0. The first-order chi connectivity index (χ1) is 14.1. The number of amides is 1. The van der Waals surface area contributed by atoms with Gasteiger partial charge in [0.05, 0.1) is 18.7 Å². The van der Waals surface area contributed by atoms with Crippen molar-refractivity contribution in [2.45, 2.75) is 33.0 Å². The second-order valence-electron chi connectivity index (χ2n) is 7.65. The van der Waals surface area contributed by atoms with E-state index in [-0.39, 0.29) is 5.91 Å². The first-order valence-electron chi connectivity index (χ1n) is 9.72. The first kappa shape index (κ1) is 18.1. The molecule has 0 saturated carbocycles. The lowest BCUT2D eigenvalue weighted by molar-refractivity contribution is -0.132. The van der Waals surface area contributed by atoms with E-state index in [4.69, 9.17) is 16.6 Å². The molecule has 1 aromatic heterocycles. The highest BCUT2D eigenvalue weighted by Gasteiger charge is 2.27. The van der Waals surface area contributed by atoms with E-state index >= 15 is 0 Å². The number of aliphatic imine (C=N–C) groups is 1. The summed E-state index contributed by atoms with van der Waals surface area (Å²) in [5.41, 5.74) is 8.73. The van der Waals surface area contributed by atoms with Crippen molar-refractivity contribution >= 4 is 23.2 Å². The molecule has 3 heterocycles. The van der Waals surface area contributed by atoms with Gasteiger partial charge in [-0.05, 0) is 53.4 Å². The number of carbonyl (C=O) groups excluding carboxylic acids is 1. The SMILES string of the molecule is Cc1cc(C2=NCc3cc4c(cc32)CN(Cc2ccccc2Cl)C(=O)C4)ccn1. The molecule has 5 heteroatoms. The van der Waals surface area contributed by atoms with Crippen LogP contribution in [0, 0.1) is 6.92 Å². The van der Waals surface area contributed by atoms with Crippen LogP contribution in [0.3, 0.4) is 0 Å². The predicted octanol–water partition coefficient (Wildman–Crippen LogP) is 4.48. The minimum atomic E-state index is 0.140. The summed E-state index contributed by atoms with van der Waals surface area (Å²) >= 11 is 6.31. The second kappa shape index (κ2) is 7.12. The fraction of sp³-hybridized carbons (Fsp3) is 0.208. The molecule has 29 heavy (non-hydrogen) atoms. The Bertz CT molecular complexity index is 1170. The van der Waals surface area contributed by atoms with Crippen LogP contribution in [0.1, 0.15) is 39.1 Å². The lowest BCUT2D eigenvalue weighted by Gasteiger charge is -2.30. The molecule has 4 nitrogen and oxygen atoms in total. The molecule has 0 bridgehead atoms. The van der Waals surface area contributed by atoms with Gasteiger partial charge in [0.15, 0.2) is 0 Å². The number of carbonyl (C=O) groups is 1. The Morgan fingerprint density at radius 3 is 2.76 bits per heavy atom. The highest BCUT2D eigenvalue weighted by molar-refractivity contribution is 6.31. The number of fused-ring (bicyclic) bond motifs is 2. The van der Waals surface area contributed by atoms with Crippen molar-refractivity contribution in [1.29, 1.82) is 0 Å². The van der Waals surface area contributed by atoms with E-state index in [0.29, 0.717) is 31.1 Å². The number of hydrogen-bond acceptors (Lipinski definition) is 3. The standard InChI is InChI=1S/C24H20ClN3O/c1-15-8-16(6-7-26-15)24-21-10-20-14-28(13-17-4-2-3-5-22(17)25)23(29)11-18(20)9-19(21)12-27-24/h2-10H,11-14H2,1H3. The Balaban J connectivity index is 1.47. The maximum atomic E-state index is 12.7. The molecule has 5 rings (SSSR count). The molecule has 0 unspecified atom stereocenters. The van der Waals surface area contributed by atoms with Gasteiger partial charge in [0, 0.05) is 41.1 Å². The summed E-state index contributed by atoms with van der Waals surface area (Å²) in [6.45, 7) is 3.77. The molecule has 2 aliphatic rings. The number of hydrogen-bond donors (Lipinski definition) is 0. The van der Waals surface area contributed by atoms with E-state index in [0.717, 1.165) is 28.1 Å². The molecule has 0 fully saturated rings. The number of halogens is 1. The summed E-state index contributed by atoms with van der Waals surface area (Å²) in [6, 6.07) is 16.2. The van der Waals surface area contributed by atoms with E-state index in [1.54, 1.807) is 0 Å². The van der Waals surface area contributed by atoms with Gasteiger partial charge in [0.25, 0.3) is 0 Å². The summed E-state index contributed by atoms with van der Waals surface area (Å²) in [5, 5.41) is 0.697. The summed E-state index contributed by atoms with van der Waals surface area (Å²) in [5.74, 6) is 0.140. The van der Waals surface area contributed by atoms with Crippen molar-refractivity contribution in [3.63, 3.8) is 0 Å².